The second-order valence-corrected chi connectivity index (χ2v) is 3.02. The quantitative estimate of drug-likeness (QED) is 0.794. The summed E-state index contributed by atoms with van der Waals surface area (Å²) in [6.45, 7) is 0.691. The van der Waals surface area contributed by atoms with Gasteiger partial charge in [-0.3, -0.25) is 0 Å². The van der Waals surface area contributed by atoms with Crippen LogP contribution >= 0.6 is 0 Å². The third kappa shape index (κ3) is 2.46. The van der Waals surface area contributed by atoms with Crippen molar-refractivity contribution in [2.24, 2.45) is 0 Å². The Hall–Kier alpha value is -2.04. The van der Waals surface area contributed by atoms with Crippen LogP contribution in [0.2, 0.25) is 0 Å². The second-order valence-electron chi connectivity index (χ2n) is 3.02. The molecule has 15 heavy (non-hydrogen) atoms. The molecule has 78 valence electrons. The number of nitrogens with zero attached hydrogens (tertiary/aromatic N) is 2. The molecule has 0 saturated heterocycles. The maximum absolute atomic E-state index is 4.96. The molecule has 0 aromatic carbocycles. The largest absolute Gasteiger partial charge is 0.472 e. The predicted octanol–water partition coefficient (Wildman–Crippen LogP) is 1.72. The molecule has 0 radical (unpaired) electrons. The van der Waals surface area contributed by atoms with E-state index in [0.717, 1.165) is 17.2 Å². The van der Waals surface area contributed by atoms with Gasteiger partial charge in [-0.25, -0.2) is 9.97 Å². The monoisotopic (exact) mass is 204 g/mol. The molecule has 0 unspecified atom stereocenters. The predicted molar refractivity (Wildman–Crippen MR) is 57.6 cm³/mol. The zero-order valence-electron chi connectivity index (χ0n) is 8.40. The van der Waals surface area contributed by atoms with Crippen molar-refractivity contribution in [3.05, 3.63) is 36.5 Å². The van der Waals surface area contributed by atoms with Crippen LogP contribution in [-0.4, -0.2) is 17.0 Å². The minimum absolute atomic E-state index is 0.691. The van der Waals surface area contributed by atoms with Crippen molar-refractivity contribution in [1.29, 1.82) is 0 Å². The highest BCUT2D eigenvalue weighted by atomic mass is 16.3. The SMILES string of the molecule is CNc1cc(NCc2ccoc2)ncn1. The number of hydrogen-bond donors (Lipinski definition) is 2. The van der Waals surface area contributed by atoms with Crippen molar-refractivity contribution in [3.63, 3.8) is 0 Å². The van der Waals surface area contributed by atoms with E-state index in [1.807, 2.05) is 19.2 Å². The number of furan rings is 1. The van der Waals surface area contributed by atoms with Crippen LogP contribution in [0.1, 0.15) is 5.56 Å². The van der Waals surface area contributed by atoms with E-state index in [4.69, 9.17) is 4.42 Å². The molecule has 5 nitrogen and oxygen atoms in total. The summed E-state index contributed by atoms with van der Waals surface area (Å²) in [6, 6.07) is 3.76. The molecule has 0 aliphatic heterocycles. The Kier molecular flexibility index (Phi) is 2.82. The summed E-state index contributed by atoms with van der Waals surface area (Å²) < 4.78 is 4.96. The Balaban J connectivity index is 1.98. The molecule has 2 rings (SSSR count). The molecule has 0 atom stereocenters. The molecule has 0 spiro atoms. The van der Waals surface area contributed by atoms with Crippen LogP contribution in [0.15, 0.2) is 35.4 Å². The number of rotatable bonds is 4. The van der Waals surface area contributed by atoms with E-state index in [2.05, 4.69) is 20.6 Å². The highest BCUT2D eigenvalue weighted by Crippen LogP contribution is 2.09. The molecule has 0 amide bonds. The van der Waals surface area contributed by atoms with Crippen LogP contribution in [0.25, 0.3) is 0 Å². The van der Waals surface area contributed by atoms with E-state index in [1.54, 1.807) is 12.5 Å². The summed E-state index contributed by atoms with van der Waals surface area (Å²) in [5.74, 6) is 1.58. The number of anilines is 2. The zero-order chi connectivity index (χ0) is 10.5. The molecular weight excluding hydrogens is 192 g/mol. The molecule has 0 bridgehead atoms. The van der Waals surface area contributed by atoms with Gasteiger partial charge in [-0.2, -0.15) is 0 Å². The lowest BCUT2D eigenvalue weighted by Gasteiger charge is -2.04. The highest BCUT2D eigenvalue weighted by Gasteiger charge is 1.97. The summed E-state index contributed by atoms with van der Waals surface area (Å²) in [7, 11) is 1.82. The topological polar surface area (TPSA) is 63.0 Å². The van der Waals surface area contributed by atoms with Gasteiger partial charge in [0.1, 0.15) is 18.0 Å². The van der Waals surface area contributed by atoms with Crippen molar-refractivity contribution in [1.82, 2.24) is 9.97 Å². The van der Waals surface area contributed by atoms with Gasteiger partial charge in [0.25, 0.3) is 0 Å². The molecule has 0 aliphatic carbocycles. The van der Waals surface area contributed by atoms with E-state index >= 15 is 0 Å². The highest BCUT2D eigenvalue weighted by molar-refractivity contribution is 5.46. The standard InChI is InChI=1S/C10H12N4O/c1-11-9-4-10(14-7-13-9)12-5-8-2-3-15-6-8/h2-4,6-7H,5H2,1H3,(H2,11,12,13,14). The summed E-state index contributed by atoms with van der Waals surface area (Å²) in [5.41, 5.74) is 1.08. The lowest BCUT2D eigenvalue weighted by atomic mass is 10.3. The molecule has 0 aliphatic rings. The van der Waals surface area contributed by atoms with Crippen LogP contribution in [0.4, 0.5) is 11.6 Å². The smallest absolute Gasteiger partial charge is 0.131 e. The Morgan fingerprint density at radius 3 is 2.93 bits per heavy atom. The summed E-state index contributed by atoms with van der Waals surface area (Å²) >= 11 is 0. The van der Waals surface area contributed by atoms with Gasteiger partial charge in [-0.15, -0.1) is 0 Å². The Morgan fingerprint density at radius 1 is 1.33 bits per heavy atom. The van der Waals surface area contributed by atoms with Crippen LogP contribution in [0.5, 0.6) is 0 Å². The maximum Gasteiger partial charge on any atom is 0.131 e. The summed E-state index contributed by atoms with van der Waals surface area (Å²) in [5, 5.41) is 6.12. The fourth-order valence-electron chi connectivity index (χ4n) is 1.18. The molecule has 5 heteroatoms. The van der Waals surface area contributed by atoms with E-state index in [0.29, 0.717) is 6.54 Å². The van der Waals surface area contributed by atoms with Crippen molar-refractivity contribution >= 4 is 11.6 Å². The van der Waals surface area contributed by atoms with E-state index in [9.17, 15) is 0 Å². The number of aromatic nitrogens is 2. The Labute approximate surface area is 87.6 Å². The van der Waals surface area contributed by atoms with Gasteiger partial charge in [-0.05, 0) is 6.07 Å². The van der Waals surface area contributed by atoms with Crippen LogP contribution in [-0.2, 0) is 6.54 Å². The van der Waals surface area contributed by atoms with Crippen molar-refractivity contribution in [2.45, 2.75) is 6.54 Å². The molecular formula is C10H12N4O. The maximum atomic E-state index is 4.96. The van der Waals surface area contributed by atoms with Crippen LogP contribution in [0, 0.1) is 0 Å². The first kappa shape index (κ1) is 9.51. The van der Waals surface area contributed by atoms with Gasteiger partial charge in [0.15, 0.2) is 0 Å². The van der Waals surface area contributed by atoms with Crippen LogP contribution < -0.4 is 10.6 Å². The summed E-state index contributed by atoms with van der Waals surface area (Å²) in [6.07, 6.45) is 4.87. The molecule has 2 N–H and O–H groups in total. The van der Waals surface area contributed by atoms with Crippen LogP contribution in [0.3, 0.4) is 0 Å². The van der Waals surface area contributed by atoms with Gasteiger partial charge < -0.3 is 15.1 Å². The van der Waals surface area contributed by atoms with Gasteiger partial charge in [0.2, 0.25) is 0 Å². The number of hydrogen-bond acceptors (Lipinski definition) is 5. The second kappa shape index (κ2) is 4.45. The molecule has 0 saturated carbocycles. The van der Waals surface area contributed by atoms with E-state index in [-0.39, 0.29) is 0 Å². The first-order valence-electron chi connectivity index (χ1n) is 4.63. The average molecular weight is 204 g/mol. The minimum atomic E-state index is 0.691. The van der Waals surface area contributed by atoms with Gasteiger partial charge >= 0.3 is 0 Å². The molecule has 2 heterocycles. The van der Waals surface area contributed by atoms with E-state index < -0.39 is 0 Å². The van der Waals surface area contributed by atoms with Gasteiger partial charge in [0, 0.05) is 25.2 Å². The average Bonchev–Trinajstić information content (AvgIpc) is 2.79. The van der Waals surface area contributed by atoms with Crippen molar-refractivity contribution in [2.75, 3.05) is 17.7 Å². The van der Waals surface area contributed by atoms with Gasteiger partial charge in [0.05, 0.1) is 12.5 Å². The van der Waals surface area contributed by atoms with E-state index in [1.165, 1.54) is 6.33 Å². The normalized spacial score (nSPS) is 9.93. The van der Waals surface area contributed by atoms with Crippen molar-refractivity contribution in [3.8, 4) is 0 Å². The lowest BCUT2D eigenvalue weighted by molar-refractivity contribution is 0.564. The third-order valence-electron chi connectivity index (χ3n) is 1.98. The lowest BCUT2D eigenvalue weighted by Crippen LogP contribution is -2.02. The number of nitrogens with one attached hydrogen (secondary N) is 2. The molecule has 2 aromatic heterocycles. The third-order valence-corrected chi connectivity index (χ3v) is 1.98. The Bertz CT molecular complexity index is 413. The molecule has 0 fully saturated rings. The zero-order valence-corrected chi connectivity index (χ0v) is 8.40. The fourth-order valence-corrected chi connectivity index (χ4v) is 1.18. The fraction of sp³-hybridized carbons (Fsp3) is 0.200. The summed E-state index contributed by atoms with van der Waals surface area (Å²) in [4.78, 5) is 8.12. The Morgan fingerprint density at radius 2 is 2.20 bits per heavy atom. The first-order valence-corrected chi connectivity index (χ1v) is 4.63. The van der Waals surface area contributed by atoms with Crippen molar-refractivity contribution < 1.29 is 4.42 Å². The van der Waals surface area contributed by atoms with Gasteiger partial charge in [-0.1, -0.05) is 0 Å². The first-order chi connectivity index (χ1) is 7.38. The minimum Gasteiger partial charge on any atom is -0.472 e. The molecule has 2 aromatic rings.